The van der Waals surface area contributed by atoms with Crippen molar-refractivity contribution in [3.8, 4) is 0 Å². The Balaban J connectivity index is 1.22. The summed E-state index contributed by atoms with van der Waals surface area (Å²) in [5.41, 5.74) is 2.73. The second-order valence-corrected chi connectivity index (χ2v) is 10.1. The molecule has 39 heavy (non-hydrogen) atoms. The Morgan fingerprint density at radius 3 is 2.54 bits per heavy atom. The van der Waals surface area contributed by atoms with Crippen LogP contribution in [0.3, 0.4) is 0 Å². The standard InChI is InChI=1S/C28H26Cl2N6O3/c29-24-7-4-19(14-25(24)30)3-6-22(37)17-36-18-32-26-8-5-21(15-23(26)27(36)38)34-10-12-35(13-11-34)28(39)33-20-2-1-9-31-16-20/h1-2,4-5,7-9,14-16,18H,3,6,10-13,17H2,(H,33,39). The number of fused-ring (bicyclic) bond motifs is 1. The van der Waals surface area contributed by atoms with Crippen molar-refractivity contribution >= 4 is 57.3 Å². The van der Waals surface area contributed by atoms with Gasteiger partial charge < -0.3 is 15.1 Å². The number of aromatic nitrogens is 3. The molecule has 11 heteroatoms. The van der Waals surface area contributed by atoms with Crippen molar-refractivity contribution in [2.24, 2.45) is 0 Å². The molecule has 0 spiro atoms. The predicted molar refractivity (Wildman–Crippen MR) is 153 cm³/mol. The van der Waals surface area contributed by atoms with Gasteiger partial charge in [0.25, 0.3) is 5.56 Å². The number of nitrogens with one attached hydrogen (secondary N) is 1. The average Bonchev–Trinajstić information content (AvgIpc) is 2.96. The van der Waals surface area contributed by atoms with Crippen LogP contribution in [0.5, 0.6) is 0 Å². The molecular weight excluding hydrogens is 539 g/mol. The Labute approximate surface area is 235 Å². The van der Waals surface area contributed by atoms with Crippen LogP contribution in [0.25, 0.3) is 10.9 Å². The molecule has 0 atom stereocenters. The molecule has 3 heterocycles. The van der Waals surface area contributed by atoms with Crippen molar-refractivity contribution in [2.45, 2.75) is 19.4 Å². The van der Waals surface area contributed by atoms with Gasteiger partial charge in [-0.05, 0) is 54.4 Å². The Morgan fingerprint density at radius 1 is 0.974 bits per heavy atom. The van der Waals surface area contributed by atoms with E-state index in [0.717, 1.165) is 11.3 Å². The van der Waals surface area contributed by atoms with E-state index in [-0.39, 0.29) is 30.3 Å². The lowest BCUT2D eigenvalue weighted by atomic mass is 10.1. The van der Waals surface area contributed by atoms with Crippen LogP contribution < -0.4 is 15.8 Å². The smallest absolute Gasteiger partial charge is 0.322 e. The molecule has 1 aliphatic heterocycles. The summed E-state index contributed by atoms with van der Waals surface area (Å²) >= 11 is 12.0. The summed E-state index contributed by atoms with van der Waals surface area (Å²) in [5, 5.41) is 4.22. The number of ketones is 1. The first-order chi connectivity index (χ1) is 18.9. The number of nitrogens with zero attached hydrogens (tertiary/aromatic N) is 5. The number of anilines is 2. The van der Waals surface area contributed by atoms with Crippen LogP contribution in [0, 0.1) is 0 Å². The third kappa shape index (κ3) is 6.38. The molecule has 0 bridgehead atoms. The highest BCUT2D eigenvalue weighted by molar-refractivity contribution is 6.42. The van der Waals surface area contributed by atoms with Crippen molar-refractivity contribution in [3.05, 3.63) is 93.2 Å². The van der Waals surface area contributed by atoms with E-state index in [4.69, 9.17) is 23.2 Å². The molecule has 1 saturated heterocycles. The summed E-state index contributed by atoms with van der Waals surface area (Å²) in [4.78, 5) is 50.7. The molecule has 2 aromatic heterocycles. The quantitative estimate of drug-likeness (QED) is 0.350. The largest absolute Gasteiger partial charge is 0.368 e. The van der Waals surface area contributed by atoms with Gasteiger partial charge in [-0.3, -0.25) is 19.1 Å². The van der Waals surface area contributed by atoms with Crippen molar-refractivity contribution in [1.29, 1.82) is 0 Å². The van der Waals surface area contributed by atoms with E-state index < -0.39 is 0 Å². The van der Waals surface area contributed by atoms with E-state index in [1.807, 2.05) is 24.3 Å². The molecule has 1 aliphatic rings. The van der Waals surface area contributed by atoms with Gasteiger partial charge in [0.1, 0.15) is 0 Å². The number of carbonyl (C=O) groups is 2. The highest BCUT2D eigenvalue weighted by Gasteiger charge is 2.22. The van der Waals surface area contributed by atoms with Gasteiger partial charge in [0, 0.05) is 44.5 Å². The Kier molecular flexibility index (Phi) is 8.09. The second kappa shape index (κ2) is 11.8. The van der Waals surface area contributed by atoms with E-state index >= 15 is 0 Å². The van der Waals surface area contributed by atoms with E-state index in [1.165, 1.54) is 10.9 Å². The zero-order valence-electron chi connectivity index (χ0n) is 21.0. The molecule has 0 radical (unpaired) electrons. The van der Waals surface area contributed by atoms with Gasteiger partial charge in [-0.25, -0.2) is 9.78 Å². The fourth-order valence-electron chi connectivity index (χ4n) is 4.51. The van der Waals surface area contributed by atoms with Crippen LogP contribution in [-0.2, 0) is 17.8 Å². The summed E-state index contributed by atoms with van der Waals surface area (Å²) < 4.78 is 1.35. The van der Waals surface area contributed by atoms with Gasteiger partial charge in [-0.15, -0.1) is 0 Å². The Morgan fingerprint density at radius 2 is 1.79 bits per heavy atom. The molecule has 0 saturated carbocycles. The average molecular weight is 565 g/mol. The highest BCUT2D eigenvalue weighted by atomic mass is 35.5. The third-order valence-electron chi connectivity index (χ3n) is 6.68. The van der Waals surface area contributed by atoms with Gasteiger partial charge in [-0.2, -0.15) is 0 Å². The van der Waals surface area contributed by atoms with Crippen molar-refractivity contribution in [1.82, 2.24) is 19.4 Å². The number of rotatable bonds is 7. The van der Waals surface area contributed by atoms with Crippen LogP contribution in [0.15, 0.2) is 72.0 Å². The molecule has 1 N–H and O–H groups in total. The lowest BCUT2D eigenvalue weighted by molar-refractivity contribution is -0.119. The number of hydrogen-bond donors (Lipinski definition) is 1. The number of amides is 2. The highest BCUT2D eigenvalue weighted by Crippen LogP contribution is 2.23. The minimum absolute atomic E-state index is 0.0575. The van der Waals surface area contributed by atoms with Crippen LogP contribution in [0.2, 0.25) is 10.0 Å². The third-order valence-corrected chi connectivity index (χ3v) is 7.41. The van der Waals surface area contributed by atoms with Gasteiger partial charge in [0.05, 0.1) is 45.7 Å². The Bertz CT molecular complexity index is 1570. The topological polar surface area (TPSA) is 100 Å². The van der Waals surface area contributed by atoms with Crippen LogP contribution in [0.4, 0.5) is 16.2 Å². The summed E-state index contributed by atoms with van der Waals surface area (Å²) in [6.07, 6.45) is 5.44. The SMILES string of the molecule is O=C(CCc1ccc(Cl)c(Cl)c1)Cn1cnc2ccc(N3CCN(C(=O)Nc4cccnc4)CC3)cc2c1=O. The maximum atomic E-state index is 13.2. The van der Waals surface area contributed by atoms with Gasteiger partial charge in [-0.1, -0.05) is 29.3 Å². The van der Waals surface area contributed by atoms with Crippen molar-refractivity contribution < 1.29 is 9.59 Å². The van der Waals surface area contributed by atoms with Gasteiger partial charge in [0.15, 0.2) is 5.78 Å². The first-order valence-corrected chi connectivity index (χ1v) is 13.3. The molecule has 0 unspecified atom stereocenters. The molecule has 1 fully saturated rings. The van der Waals surface area contributed by atoms with E-state index in [1.54, 1.807) is 41.6 Å². The summed E-state index contributed by atoms with van der Waals surface area (Å²) in [6, 6.07) is 14.2. The predicted octanol–water partition coefficient (Wildman–Crippen LogP) is 4.65. The van der Waals surface area contributed by atoms with Crippen LogP contribution >= 0.6 is 23.2 Å². The molecule has 4 aromatic rings. The number of piperazine rings is 1. The lowest BCUT2D eigenvalue weighted by Crippen LogP contribution is -2.50. The summed E-state index contributed by atoms with van der Waals surface area (Å²) in [5.74, 6) is -0.0823. The normalized spacial score (nSPS) is 13.5. The number of pyridine rings is 1. The first kappa shape index (κ1) is 26.6. The molecule has 9 nitrogen and oxygen atoms in total. The first-order valence-electron chi connectivity index (χ1n) is 12.5. The summed E-state index contributed by atoms with van der Waals surface area (Å²) in [6.45, 7) is 2.25. The number of hydrogen-bond acceptors (Lipinski definition) is 6. The number of aryl methyl sites for hydroxylation is 1. The lowest BCUT2D eigenvalue weighted by Gasteiger charge is -2.36. The van der Waals surface area contributed by atoms with Crippen LogP contribution in [0.1, 0.15) is 12.0 Å². The Hall–Kier alpha value is -3.95. The van der Waals surface area contributed by atoms with E-state index in [0.29, 0.717) is 59.2 Å². The number of urea groups is 1. The fourth-order valence-corrected chi connectivity index (χ4v) is 4.83. The maximum absolute atomic E-state index is 13.2. The zero-order chi connectivity index (χ0) is 27.4. The minimum atomic E-state index is -0.265. The van der Waals surface area contributed by atoms with Gasteiger partial charge in [0.2, 0.25) is 0 Å². The number of carbonyl (C=O) groups excluding carboxylic acids is 2. The van der Waals surface area contributed by atoms with E-state index in [9.17, 15) is 14.4 Å². The molecule has 5 rings (SSSR count). The monoisotopic (exact) mass is 564 g/mol. The van der Waals surface area contributed by atoms with Crippen molar-refractivity contribution in [3.63, 3.8) is 0 Å². The zero-order valence-corrected chi connectivity index (χ0v) is 22.5. The number of halogens is 2. The molecule has 2 amide bonds. The molecule has 0 aliphatic carbocycles. The second-order valence-electron chi connectivity index (χ2n) is 9.31. The fraction of sp³-hybridized carbons (Fsp3) is 0.250. The van der Waals surface area contributed by atoms with E-state index in [2.05, 4.69) is 20.2 Å². The number of benzene rings is 2. The maximum Gasteiger partial charge on any atom is 0.322 e. The molecule has 200 valence electrons. The van der Waals surface area contributed by atoms with Gasteiger partial charge >= 0.3 is 6.03 Å². The number of Topliss-reactive ketones (excluding diaryl/α,β-unsaturated/α-hetero) is 1. The molecule has 2 aromatic carbocycles. The summed E-state index contributed by atoms with van der Waals surface area (Å²) in [7, 11) is 0. The van der Waals surface area contributed by atoms with Crippen molar-refractivity contribution in [2.75, 3.05) is 36.4 Å². The molecular formula is C28H26Cl2N6O3. The minimum Gasteiger partial charge on any atom is -0.368 e. The van der Waals surface area contributed by atoms with Crippen LogP contribution in [-0.4, -0.2) is 57.4 Å².